The van der Waals surface area contributed by atoms with E-state index in [1.54, 1.807) is 4.90 Å². The Labute approximate surface area is 182 Å². The molecule has 0 atom stereocenters. The summed E-state index contributed by atoms with van der Waals surface area (Å²) in [5, 5.41) is 4.39. The smallest absolute Gasteiger partial charge is 0.339 e. The van der Waals surface area contributed by atoms with Gasteiger partial charge in [0, 0.05) is 50.7 Å². The summed E-state index contributed by atoms with van der Waals surface area (Å²) < 4.78 is 41.4. The monoisotopic (exact) mass is 445 g/mol. The number of aromatic nitrogens is 3. The molecular weight excluding hydrogens is 423 g/mol. The first-order valence-electron chi connectivity index (χ1n) is 10.2. The number of nitrogens with zero attached hydrogens (tertiary/aromatic N) is 5. The van der Waals surface area contributed by atoms with Crippen molar-refractivity contribution < 1.29 is 18.0 Å². The number of carbonyl (C=O) groups excluding carboxylic acids is 1. The molecule has 0 saturated carbocycles. The highest BCUT2D eigenvalue weighted by atomic mass is 19.4. The Hall–Kier alpha value is -3.40. The number of para-hydroxylation sites is 1. The van der Waals surface area contributed by atoms with E-state index in [0.717, 1.165) is 28.0 Å². The maximum absolute atomic E-state index is 12.9. The van der Waals surface area contributed by atoms with E-state index in [1.807, 2.05) is 47.4 Å². The van der Waals surface area contributed by atoms with Crippen LogP contribution in [0.25, 0.3) is 5.69 Å². The van der Waals surface area contributed by atoms with Gasteiger partial charge in [-0.15, -0.1) is 0 Å². The van der Waals surface area contributed by atoms with Gasteiger partial charge in [-0.3, -0.25) is 14.5 Å². The number of rotatable bonds is 5. The fourth-order valence-electron chi connectivity index (χ4n) is 3.70. The van der Waals surface area contributed by atoms with E-state index in [1.165, 1.54) is 6.20 Å². The first kappa shape index (κ1) is 21.8. The van der Waals surface area contributed by atoms with Crippen molar-refractivity contribution in [3.05, 3.63) is 82.5 Å². The van der Waals surface area contributed by atoms with E-state index in [4.69, 9.17) is 0 Å². The van der Waals surface area contributed by atoms with Crippen molar-refractivity contribution in [3.63, 3.8) is 0 Å². The first-order valence-corrected chi connectivity index (χ1v) is 10.2. The van der Waals surface area contributed by atoms with Crippen LogP contribution in [0.1, 0.15) is 11.1 Å². The molecule has 168 valence electrons. The lowest BCUT2D eigenvalue weighted by atomic mass is 10.2. The molecule has 0 bridgehead atoms. The van der Waals surface area contributed by atoms with Crippen LogP contribution in [0, 0.1) is 0 Å². The van der Waals surface area contributed by atoms with Crippen LogP contribution in [0.5, 0.6) is 0 Å². The molecule has 32 heavy (non-hydrogen) atoms. The van der Waals surface area contributed by atoms with Gasteiger partial charge in [-0.25, -0.2) is 4.68 Å². The van der Waals surface area contributed by atoms with E-state index in [-0.39, 0.29) is 5.91 Å². The minimum Gasteiger partial charge on any atom is -0.339 e. The maximum atomic E-state index is 12.9. The molecule has 4 rings (SSSR count). The molecular formula is C22H22F3N5O2. The highest BCUT2D eigenvalue weighted by Gasteiger charge is 2.34. The highest BCUT2D eigenvalue weighted by Crippen LogP contribution is 2.26. The van der Waals surface area contributed by atoms with Crippen molar-refractivity contribution in [2.45, 2.75) is 19.3 Å². The standard InChI is InChI=1S/C22H22F3N5O2/c23-22(24,25)19-7-4-8-29(21(19)32)16-20(31)28-11-9-27(10-12-28)14-17-13-26-30(15-17)18-5-2-1-3-6-18/h1-8,13,15H,9-12,14,16H2. The van der Waals surface area contributed by atoms with Crippen molar-refractivity contribution >= 4 is 5.91 Å². The number of amides is 1. The Morgan fingerprint density at radius 1 is 1.00 bits per heavy atom. The second-order valence-electron chi connectivity index (χ2n) is 7.64. The lowest BCUT2D eigenvalue weighted by Crippen LogP contribution is -2.49. The predicted octanol–water partition coefficient (Wildman–Crippen LogP) is 2.40. The molecule has 7 nitrogen and oxygen atoms in total. The number of alkyl halides is 3. The molecule has 1 aromatic carbocycles. The predicted molar refractivity (Wildman–Crippen MR) is 111 cm³/mol. The van der Waals surface area contributed by atoms with Gasteiger partial charge in [-0.2, -0.15) is 18.3 Å². The van der Waals surface area contributed by atoms with Crippen molar-refractivity contribution in [1.29, 1.82) is 0 Å². The van der Waals surface area contributed by atoms with Gasteiger partial charge in [0.05, 0.1) is 11.9 Å². The third-order valence-electron chi connectivity index (χ3n) is 5.42. The Bertz CT molecular complexity index is 1130. The van der Waals surface area contributed by atoms with E-state index >= 15 is 0 Å². The number of halogens is 3. The molecule has 1 aliphatic rings. The zero-order valence-electron chi connectivity index (χ0n) is 17.2. The fraction of sp³-hybridized carbons (Fsp3) is 0.318. The summed E-state index contributed by atoms with van der Waals surface area (Å²) in [4.78, 5) is 28.4. The molecule has 1 amide bonds. The molecule has 0 unspecified atom stereocenters. The lowest BCUT2D eigenvalue weighted by molar-refractivity contribution is -0.140. The Kier molecular flexibility index (Phi) is 6.13. The molecule has 2 aromatic heterocycles. The topological polar surface area (TPSA) is 63.4 Å². The van der Waals surface area contributed by atoms with Gasteiger partial charge in [-0.05, 0) is 24.3 Å². The normalized spacial score (nSPS) is 15.2. The van der Waals surface area contributed by atoms with E-state index in [9.17, 15) is 22.8 Å². The zero-order chi connectivity index (χ0) is 22.7. The maximum Gasteiger partial charge on any atom is 0.421 e. The molecule has 0 aliphatic carbocycles. The van der Waals surface area contributed by atoms with Gasteiger partial charge in [0.1, 0.15) is 12.1 Å². The Balaban J connectivity index is 1.32. The SMILES string of the molecule is O=C(Cn1cccc(C(F)(F)F)c1=O)N1CCN(Cc2cnn(-c3ccccc3)c2)CC1. The van der Waals surface area contributed by atoms with Gasteiger partial charge in [0.15, 0.2) is 0 Å². The molecule has 0 spiro atoms. The van der Waals surface area contributed by atoms with E-state index in [0.29, 0.717) is 32.7 Å². The third-order valence-corrected chi connectivity index (χ3v) is 5.42. The lowest BCUT2D eigenvalue weighted by Gasteiger charge is -2.34. The molecule has 3 aromatic rings. The molecule has 0 radical (unpaired) electrons. The largest absolute Gasteiger partial charge is 0.421 e. The average Bonchev–Trinajstić information content (AvgIpc) is 3.24. The first-order chi connectivity index (χ1) is 15.3. The minimum atomic E-state index is -4.75. The molecule has 10 heteroatoms. The Morgan fingerprint density at radius 2 is 1.72 bits per heavy atom. The molecule has 1 aliphatic heterocycles. The summed E-state index contributed by atoms with van der Waals surface area (Å²) in [5.41, 5.74) is -0.459. The Morgan fingerprint density at radius 3 is 2.41 bits per heavy atom. The van der Waals surface area contributed by atoms with Gasteiger partial charge in [0.2, 0.25) is 5.91 Å². The quantitative estimate of drug-likeness (QED) is 0.605. The number of piperazine rings is 1. The second kappa shape index (κ2) is 8.99. The van der Waals surface area contributed by atoms with Gasteiger partial charge in [0.25, 0.3) is 5.56 Å². The summed E-state index contributed by atoms with van der Waals surface area (Å²) in [6, 6.07) is 11.6. The van der Waals surface area contributed by atoms with Crippen LogP contribution < -0.4 is 5.56 Å². The van der Waals surface area contributed by atoms with Gasteiger partial charge >= 0.3 is 6.18 Å². The van der Waals surface area contributed by atoms with Crippen LogP contribution in [0.4, 0.5) is 13.2 Å². The summed E-state index contributed by atoms with van der Waals surface area (Å²) in [7, 11) is 0. The van der Waals surface area contributed by atoms with Crippen LogP contribution in [0.3, 0.4) is 0 Å². The highest BCUT2D eigenvalue weighted by molar-refractivity contribution is 5.76. The molecule has 1 fully saturated rings. The summed E-state index contributed by atoms with van der Waals surface area (Å²) in [6.07, 6.45) is 0.233. The second-order valence-corrected chi connectivity index (χ2v) is 7.64. The molecule has 3 heterocycles. The van der Waals surface area contributed by atoms with Crippen LogP contribution in [-0.2, 0) is 24.1 Å². The number of hydrogen-bond donors (Lipinski definition) is 0. The van der Waals surface area contributed by atoms with Crippen molar-refractivity contribution in [1.82, 2.24) is 24.1 Å². The van der Waals surface area contributed by atoms with Crippen LogP contribution in [0.15, 0.2) is 65.8 Å². The van der Waals surface area contributed by atoms with Crippen molar-refractivity contribution in [2.75, 3.05) is 26.2 Å². The van der Waals surface area contributed by atoms with Crippen LogP contribution in [0.2, 0.25) is 0 Å². The van der Waals surface area contributed by atoms with Crippen molar-refractivity contribution in [3.8, 4) is 5.69 Å². The average molecular weight is 445 g/mol. The molecule has 0 N–H and O–H groups in total. The number of benzene rings is 1. The van der Waals surface area contributed by atoms with Gasteiger partial charge in [-0.1, -0.05) is 18.2 Å². The fourth-order valence-corrected chi connectivity index (χ4v) is 3.70. The summed E-state index contributed by atoms with van der Waals surface area (Å²) in [5.74, 6) is -0.372. The van der Waals surface area contributed by atoms with E-state index in [2.05, 4.69) is 10.00 Å². The number of pyridine rings is 1. The van der Waals surface area contributed by atoms with Crippen molar-refractivity contribution in [2.24, 2.45) is 0 Å². The number of carbonyl (C=O) groups is 1. The van der Waals surface area contributed by atoms with Crippen LogP contribution >= 0.6 is 0 Å². The van der Waals surface area contributed by atoms with Gasteiger partial charge < -0.3 is 9.47 Å². The third kappa shape index (κ3) is 4.91. The van der Waals surface area contributed by atoms with Crippen LogP contribution in [-0.4, -0.2) is 56.2 Å². The minimum absolute atomic E-state index is 0.372. The molecule has 1 saturated heterocycles. The summed E-state index contributed by atoms with van der Waals surface area (Å²) >= 11 is 0. The zero-order valence-corrected chi connectivity index (χ0v) is 17.2. The number of hydrogen-bond acceptors (Lipinski definition) is 4. The summed E-state index contributed by atoms with van der Waals surface area (Å²) in [6.45, 7) is 2.41. The van der Waals surface area contributed by atoms with E-state index < -0.39 is 23.8 Å².